The molecule has 0 saturated heterocycles. The monoisotopic (exact) mass is 506 g/mol. The predicted molar refractivity (Wildman–Crippen MR) is 137 cm³/mol. The van der Waals surface area contributed by atoms with E-state index >= 15 is 0 Å². The van der Waals surface area contributed by atoms with Gasteiger partial charge in [0.2, 0.25) is 0 Å². The van der Waals surface area contributed by atoms with Crippen molar-refractivity contribution in [1.29, 1.82) is 0 Å². The third-order valence-electron chi connectivity index (χ3n) is 5.54. The predicted octanol–water partition coefficient (Wildman–Crippen LogP) is 5.97. The number of aromatic nitrogens is 3. The first kappa shape index (κ1) is 23.0. The van der Waals surface area contributed by atoms with E-state index in [2.05, 4.69) is 38.6 Å². The average molecular weight is 507 g/mol. The minimum atomic E-state index is -0.179. The summed E-state index contributed by atoms with van der Waals surface area (Å²) in [7, 11) is 0. The van der Waals surface area contributed by atoms with Crippen LogP contribution in [0.15, 0.2) is 62.9 Å². The summed E-state index contributed by atoms with van der Waals surface area (Å²) in [4.78, 5) is 18.0. The average Bonchev–Trinajstić information content (AvgIpc) is 3.07. The second-order valence-corrected chi connectivity index (χ2v) is 9.15. The van der Waals surface area contributed by atoms with Gasteiger partial charge in [-0.3, -0.25) is 4.79 Å². The van der Waals surface area contributed by atoms with Gasteiger partial charge in [-0.2, -0.15) is 9.78 Å². The molecule has 0 aliphatic carbocycles. The highest BCUT2D eigenvalue weighted by Gasteiger charge is 2.15. The van der Waals surface area contributed by atoms with E-state index in [4.69, 9.17) is 9.72 Å². The zero-order valence-corrected chi connectivity index (χ0v) is 21.0. The van der Waals surface area contributed by atoms with E-state index in [0.29, 0.717) is 23.3 Å². The maximum Gasteiger partial charge on any atom is 0.282 e. The third kappa shape index (κ3) is 4.50. The van der Waals surface area contributed by atoms with Gasteiger partial charge in [0.25, 0.3) is 5.56 Å². The van der Waals surface area contributed by atoms with Crippen LogP contribution in [-0.4, -0.2) is 27.0 Å². The summed E-state index contributed by atoms with van der Waals surface area (Å²) >= 11 is 3.44. The molecule has 0 saturated carbocycles. The van der Waals surface area contributed by atoms with Crippen LogP contribution in [0.25, 0.3) is 16.6 Å². The van der Waals surface area contributed by atoms with Crippen molar-refractivity contribution in [3.8, 4) is 11.4 Å². The van der Waals surface area contributed by atoms with Crippen molar-refractivity contribution < 1.29 is 4.74 Å². The van der Waals surface area contributed by atoms with Gasteiger partial charge in [0.1, 0.15) is 11.6 Å². The molecule has 2 aromatic carbocycles. The molecule has 0 fully saturated rings. The quantitative estimate of drug-likeness (QED) is 0.302. The Kier molecular flexibility index (Phi) is 6.51. The maximum absolute atomic E-state index is 13.3. The number of rotatable bonds is 6. The number of hydrogen-bond acceptors (Lipinski definition) is 4. The first-order valence-electron chi connectivity index (χ1n) is 11.0. The number of aryl methyl sites for hydroxylation is 1. The summed E-state index contributed by atoms with van der Waals surface area (Å²) in [5.74, 6) is 1.52. The lowest BCUT2D eigenvalue weighted by molar-refractivity contribution is 0.340. The molecule has 0 N–H and O–H groups in total. The zero-order chi connectivity index (χ0) is 23.7. The second-order valence-electron chi connectivity index (χ2n) is 8.24. The number of fused-ring (bicyclic) bond motifs is 1. The first-order valence-corrected chi connectivity index (χ1v) is 11.8. The molecule has 4 rings (SSSR count). The minimum absolute atomic E-state index is 0.0409. The second kappa shape index (κ2) is 9.35. The molecule has 33 heavy (non-hydrogen) atoms. The van der Waals surface area contributed by atoms with Crippen molar-refractivity contribution in [2.24, 2.45) is 5.10 Å². The van der Waals surface area contributed by atoms with E-state index < -0.39 is 0 Å². The standard InChI is InChI=1S/C26H27BrN4O2/c1-6-33-22-10-8-21(9-11-22)30-17(4)13-19(18(30)5)15-28-31-25(16(2)3)29-24-12-7-20(27)14-23(24)26(31)32/h7-16H,6H2,1-5H3. The SMILES string of the molecule is CCOc1ccc(-n2c(C)cc(C=Nn3c(C(C)C)nc4ccc(Br)cc4c3=O)c2C)cc1. The van der Waals surface area contributed by atoms with Crippen molar-refractivity contribution in [3.63, 3.8) is 0 Å². The molecule has 0 aliphatic heterocycles. The Bertz CT molecular complexity index is 1400. The smallest absolute Gasteiger partial charge is 0.282 e. The maximum atomic E-state index is 13.3. The van der Waals surface area contributed by atoms with E-state index in [1.165, 1.54) is 4.68 Å². The lowest BCUT2D eigenvalue weighted by atomic mass is 10.2. The number of hydrogen-bond donors (Lipinski definition) is 0. The minimum Gasteiger partial charge on any atom is -0.494 e. The highest BCUT2D eigenvalue weighted by molar-refractivity contribution is 9.10. The van der Waals surface area contributed by atoms with E-state index in [-0.39, 0.29) is 11.5 Å². The van der Waals surface area contributed by atoms with Crippen LogP contribution in [-0.2, 0) is 0 Å². The largest absolute Gasteiger partial charge is 0.494 e. The van der Waals surface area contributed by atoms with Crippen LogP contribution in [0.4, 0.5) is 0 Å². The highest BCUT2D eigenvalue weighted by atomic mass is 79.9. The molecule has 7 heteroatoms. The van der Waals surface area contributed by atoms with Crippen molar-refractivity contribution in [3.05, 3.63) is 86.1 Å². The summed E-state index contributed by atoms with van der Waals surface area (Å²) in [6, 6.07) is 15.6. The summed E-state index contributed by atoms with van der Waals surface area (Å²) in [6.45, 7) is 10.7. The van der Waals surface area contributed by atoms with Gasteiger partial charge in [0.15, 0.2) is 0 Å². The van der Waals surface area contributed by atoms with Gasteiger partial charge in [0.05, 0.1) is 23.7 Å². The van der Waals surface area contributed by atoms with Crippen LogP contribution in [0.1, 0.15) is 49.5 Å². The van der Waals surface area contributed by atoms with E-state index in [0.717, 1.165) is 32.9 Å². The Labute approximate surface area is 201 Å². The molecule has 0 bridgehead atoms. The summed E-state index contributed by atoms with van der Waals surface area (Å²) in [5.41, 5.74) is 4.60. The van der Waals surface area contributed by atoms with Gasteiger partial charge in [-0.25, -0.2) is 4.98 Å². The van der Waals surface area contributed by atoms with Crippen molar-refractivity contribution in [2.75, 3.05) is 6.61 Å². The van der Waals surface area contributed by atoms with Crippen LogP contribution in [0, 0.1) is 13.8 Å². The van der Waals surface area contributed by atoms with Crippen molar-refractivity contribution in [2.45, 2.75) is 40.5 Å². The fraction of sp³-hybridized carbons (Fsp3) is 0.269. The van der Waals surface area contributed by atoms with Gasteiger partial charge < -0.3 is 9.30 Å². The Morgan fingerprint density at radius 3 is 2.52 bits per heavy atom. The first-order chi connectivity index (χ1) is 15.8. The molecule has 4 aromatic rings. The zero-order valence-electron chi connectivity index (χ0n) is 19.5. The highest BCUT2D eigenvalue weighted by Crippen LogP contribution is 2.23. The Hall–Kier alpha value is -3.19. The Morgan fingerprint density at radius 1 is 1.12 bits per heavy atom. The normalized spacial score (nSPS) is 11.7. The Morgan fingerprint density at radius 2 is 1.85 bits per heavy atom. The van der Waals surface area contributed by atoms with Gasteiger partial charge in [-0.15, -0.1) is 0 Å². The fourth-order valence-electron chi connectivity index (χ4n) is 3.94. The molecular weight excluding hydrogens is 480 g/mol. The van der Waals surface area contributed by atoms with Crippen LogP contribution in [0.2, 0.25) is 0 Å². The van der Waals surface area contributed by atoms with E-state index in [9.17, 15) is 4.79 Å². The van der Waals surface area contributed by atoms with E-state index in [1.54, 1.807) is 12.3 Å². The summed E-state index contributed by atoms with van der Waals surface area (Å²) in [5, 5.41) is 5.13. The topological polar surface area (TPSA) is 61.4 Å². The van der Waals surface area contributed by atoms with Crippen LogP contribution >= 0.6 is 15.9 Å². The summed E-state index contributed by atoms with van der Waals surface area (Å²) in [6.07, 6.45) is 1.74. The molecule has 0 atom stereocenters. The Balaban J connectivity index is 1.77. The van der Waals surface area contributed by atoms with Crippen molar-refractivity contribution >= 4 is 33.0 Å². The molecule has 0 spiro atoms. The summed E-state index contributed by atoms with van der Waals surface area (Å²) < 4.78 is 9.98. The van der Waals surface area contributed by atoms with Crippen LogP contribution in [0.3, 0.4) is 0 Å². The molecular formula is C26H27BrN4O2. The van der Waals surface area contributed by atoms with Crippen LogP contribution < -0.4 is 10.3 Å². The van der Waals surface area contributed by atoms with Crippen molar-refractivity contribution in [1.82, 2.24) is 14.2 Å². The van der Waals surface area contributed by atoms with Gasteiger partial charge in [-0.1, -0.05) is 29.8 Å². The number of halogens is 1. The van der Waals surface area contributed by atoms with Gasteiger partial charge in [0, 0.05) is 33.0 Å². The number of nitrogens with zero attached hydrogens (tertiary/aromatic N) is 4. The molecule has 0 radical (unpaired) electrons. The molecule has 0 aliphatic rings. The number of ether oxygens (including phenoxy) is 1. The molecule has 170 valence electrons. The van der Waals surface area contributed by atoms with Gasteiger partial charge in [-0.05, 0) is 69.3 Å². The number of benzene rings is 2. The third-order valence-corrected chi connectivity index (χ3v) is 6.03. The molecule has 0 amide bonds. The molecule has 2 aromatic heterocycles. The lowest BCUT2D eigenvalue weighted by Gasteiger charge is -2.12. The van der Waals surface area contributed by atoms with E-state index in [1.807, 2.05) is 64.1 Å². The lowest BCUT2D eigenvalue weighted by Crippen LogP contribution is -2.23. The van der Waals surface area contributed by atoms with Gasteiger partial charge >= 0.3 is 0 Å². The molecule has 0 unspecified atom stereocenters. The fourth-order valence-corrected chi connectivity index (χ4v) is 4.31. The van der Waals surface area contributed by atoms with Crippen LogP contribution in [0.5, 0.6) is 5.75 Å². The molecule has 6 nitrogen and oxygen atoms in total. The molecule has 2 heterocycles.